The molecular weight excluding hydrogens is 427 g/mol. The van der Waals surface area contributed by atoms with Crippen LogP contribution in [0.15, 0.2) is 47.5 Å². The minimum atomic E-state index is -1.58. The second-order valence-electron chi connectivity index (χ2n) is 7.92. The van der Waals surface area contributed by atoms with Crippen LogP contribution < -0.4 is 26.6 Å². The van der Waals surface area contributed by atoms with Gasteiger partial charge in [0.15, 0.2) is 5.54 Å². The first-order valence-electron chi connectivity index (χ1n) is 10.6. The summed E-state index contributed by atoms with van der Waals surface area (Å²) in [6, 6.07) is 10.8. The van der Waals surface area contributed by atoms with E-state index in [1.807, 2.05) is 0 Å². The van der Waals surface area contributed by atoms with Gasteiger partial charge in [0.1, 0.15) is 11.5 Å². The fraction of sp³-hybridized carbons (Fsp3) is 0.304. The maximum absolute atomic E-state index is 14.6. The standard InChI is InChI=1S/C23H25FN6O3/c1-26-21(32)19-23(22(25)33,28-13-27-19)14-4-6-15(7-5-14)29-20(31)17-9-8-16(12-18(17)24)30-10-2-3-11-30/h4-9,12,28H,2-3,10-11,13H2,1H3,(H2,25,33)(H,26,32)(H,29,31). The first-order chi connectivity index (χ1) is 15.9. The van der Waals surface area contributed by atoms with Crippen molar-refractivity contribution in [3.8, 4) is 0 Å². The quantitative estimate of drug-likeness (QED) is 0.522. The zero-order valence-corrected chi connectivity index (χ0v) is 18.2. The fourth-order valence-corrected chi connectivity index (χ4v) is 4.25. The van der Waals surface area contributed by atoms with Crippen LogP contribution in [0.1, 0.15) is 28.8 Å². The summed E-state index contributed by atoms with van der Waals surface area (Å²) in [5.41, 5.74) is 5.51. The van der Waals surface area contributed by atoms with Crippen LogP contribution in [0.25, 0.3) is 0 Å². The van der Waals surface area contributed by atoms with Crippen LogP contribution in [0.5, 0.6) is 0 Å². The molecule has 0 saturated carbocycles. The average molecular weight is 452 g/mol. The summed E-state index contributed by atoms with van der Waals surface area (Å²) in [7, 11) is 1.43. The number of halogens is 1. The highest BCUT2D eigenvalue weighted by atomic mass is 19.1. The predicted molar refractivity (Wildman–Crippen MR) is 123 cm³/mol. The third kappa shape index (κ3) is 4.05. The van der Waals surface area contributed by atoms with Gasteiger partial charge in [-0.1, -0.05) is 12.1 Å². The van der Waals surface area contributed by atoms with E-state index in [0.717, 1.165) is 31.6 Å². The van der Waals surface area contributed by atoms with Gasteiger partial charge in [0.25, 0.3) is 11.8 Å². The number of nitrogens with one attached hydrogen (secondary N) is 3. The normalized spacial score (nSPS) is 19.8. The van der Waals surface area contributed by atoms with Gasteiger partial charge in [-0.05, 0) is 48.7 Å². The van der Waals surface area contributed by atoms with Crippen LogP contribution in [0.3, 0.4) is 0 Å². The van der Waals surface area contributed by atoms with E-state index in [1.165, 1.54) is 19.2 Å². The van der Waals surface area contributed by atoms with Gasteiger partial charge in [0, 0.05) is 31.5 Å². The second-order valence-corrected chi connectivity index (χ2v) is 7.92. The lowest BCUT2D eigenvalue weighted by Crippen LogP contribution is -2.58. The number of benzene rings is 2. The van der Waals surface area contributed by atoms with Crippen molar-refractivity contribution in [1.29, 1.82) is 0 Å². The van der Waals surface area contributed by atoms with Crippen molar-refractivity contribution >= 4 is 34.8 Å². The second kappa shape index (κ2) is 8.99. The molecule has 0 aromatic heterocycles. The van der Waals surface area contributed by atoms with Crippen molar-refractivity contribution in [2.45, 2.75) is 18.4 Å². The molecule has 2 aliphatic rings. The number of hydrogen-bond acceptors (Lipinski definition) is 6. The molecule has 1 fully saturated rings. The van der Waals surface area contributed by atoms with E-state index in [0.29, 0.717) is 11.3 Å². The maximum Gasteiger partial charge on any atom is 0.267 e. The molecule has 2 aliphatic heterocycles. The lowest BCUT2D eigenvalue weighted by atomic mass is 9.84. The number of amides is 3. The number of aliphatic imine (C=N–C) groups is 1. The van der Waals surface area contributed by atoms with Crippen molar-refractivity contribution in [2.24, 2.45) is 10.7 Å². The van der Waals surface area contributed by atoms with Gasteiger partial charge in [-0.25, -0.2) is 4.39 Å². The van der Waals surface area contributed by atoms with Gasteiger partial charge in [-0.3, -0.25) is 24.7 Å². The lowest BCUT2D eigenvalue weighted by Gasteiger charge is -2.27. The lowest BCUT2D eigenvalue weighted by molar-refractivity contribution is -0.123. The first kappa shape index (κ1) is 22.4. The van der Waals surface area contributed by atoms with E-state index in [9.17, 15) is 18.8 Å². The number of hydrogen-bond donors (Lipinski definition) is 4. The molecule has 4 rings (SSSR count). The van der Waals surface area contributed by atoms with Gasteiger partial charge in [-0.15, -0.1) is 0 Å². The van der Waals surface area contributed by atoms with Gasteiger partial charge in [0.2, 0.25) is 5.91 Å². The van der Waals surface area contributed by atoms with E-state index in [4.69, 9.17) is 5.73 Å². The van der Waals surface area contributed by atoms with E-state index in [2.05, 4.69) is 25.8 Å². The Bertz CT molecular complexity index is 1130. The van der Waals surface area contributed by atoms with Gasteiger partial charge in [-0.2, -0.15) is 0 Å². The molecule has 2 aromatic rings. The summed E-state index contributed by atoms with van der Waals surface area (Å²) in [6.45, 7) is 1.81. The number of nitrogens with two attached hydrogens (primary N) is 1. The highest BCUT2D eigenvalue weighted by Crippen LogP contribution is 2.28. The van der Waals surface area contributed by atoms with E-state index in [-0.39, 0.29) is 17.9 Å². The Morgan fingerprint density at radius 3 is 2.39 bits per heavy atom. The van der Waals surface area contributed by atoms with Crippen LogP contribution >= 0.6 is 0 Å². The summed E-state index contributed by atoms with van der Waals surface area (Å²) in [4.78, 5) is 43.4. The molecule has 33 heavy (non-hydrogen) atoms. The molecule has 2 heterocycles. The Hall–Kier alpha value is -3.79. The number of carbonyl (C=O) groups is 3. The average Bonchev–Trinajstić information content (AvgIpc) is 3.50. The Morgan fingerprint density at radius 2 is 1.79 bits per heavy atom. The number of carbonyl (C=O) groups excluding carboxylic acids is 3. The molecule has 10 heteroatoms. The summed E-state index contributed by atoms with van der Waals surface area (Å²) < 4.78 is 14.6. The monoisotopic (exact) mass is 452 g/mol. The number of primary amides is 1. The molecule has 1 unspecified atom stereocenters. The number of rotatable bonds is 6. The molecule has 1 saturated heterocycles. The molecule has 9 nitrogen and oxygen atoms in total. The van der Waals surface area contributed by atoms with Crippen LogP contribution in [-0.2, 0) is 15.1 Å². The van der Waals surface area contributed by atoms with Crippen molar-refractivity contribution in [2.75, 3.05) is 37.0 Å². The Kier molecular flexibility index (Phi) is 6.10. The van der Waals surface area contributed by atoms with Crippen LogP contribution in [-0.4, -0.2) is 50.2 Å². The SMILES string of the molecule is CNC(=O)C1=NCNC1(C(N)=O)c1ccc(NC(=O)c2ccc(N3CCCC3)cc2F)cc1. The fourth-order valence-electron chi connectivity index (χ4n) is 4.25. The highest BCUT2D eigenvalue weighted by molar-refractivity contribution is 6.47. The maximum atomic E-state index is 14.6. The molecule has 0 radical (unpaired) electrons. The topological polar surface area (TPSA) is 129 Å². The van der Waals surface area contributed by atoms with Crippen LogP contribution in [0.2, 0.25) is 0 Å². The molecule has 0 aliphatic carbocycles. The highest BCUT2D eigenvalue weighted by Gasteiger charge is 2.49. The van der Waals surface area contributed by atoms with Crippen LogP contribution in [0.4, 0.5) is 15.8 Å². The zero-order valence-electron chi connectivity index (χ0n) is 18.2. The summed E-state index contributed by atoms with van der Waals surface area (Å²) in [6.07, 6.45) is 2.14. The number of anilines is 2. The third-order valence-corrected chi connectivity index (χ3v) is 5.99. The summed E-state index contributed by atoms with van der Waals surface area (Å²) >= 11 is 0. The molecule has 0 spiro atoms. The van der Waals surface area contributed by atoms with Crippen molar-refractivity contribution in [1.82, 2.24) is 10.6 Å². The van der Waals surface area contributed by atoms with Crippen molar-refractivity contribution < 1.29 is 18.8 Å². The molecule has 172 valence electrons. The van der Waals surface area contributed by atoms with E-state index < -0.39 is 29.1 Å². The summed E-state index contributed by atoms with van der Waals surface area (Å²) in [5.74, 6) is -2.49. The van der Waals surface area contributed by atoms with Crippen LogP contribution in [0, 0.1) is 5.82 Å². The van der Waals surface area contributed by atoms with Crippen molar-refractivity contribution in [3.05, 3.63) is 59.4 Å². The molecule has 1 atom stereocenters. The van der Waals surface area contributed by atoms with E-state index in [1.54, 1.807) is 30.3 Å². The predicted octanol–water partition coefficient (Wildman–Crippen LogP) is 1.11. The number of nitrogens with zero attached hydrogens (tertiary/aromatic N) is 2. The zero-order chi connectivity index (χ0) is 23.6. The minimum absolute atomic E-state index is 0.0329. The third-order valence-electron chi connectivity index (χ3n) is 5.99. The van der Waals surface area contributed by atoms with E-state index >= 15 is 0 Å². The Morgan fingerprint density at radius 1 is 1.09 bits per heavy atom. The molecule has 0 bridgehead atoms. The summed E-state index contributed by atoms with van der Waals surface area (Å²) in [5, 5.41) is 8.00. The smallest absolute Gasteiger partial charge is 0.267 e. The van der Waals surface area contributed by atoms with Crippen molar-refractivity contribution in [3.63, 3.8) is 0 Å². The molecule has 5 N–H and O–H groups in total. The molecule has 3 amide bonds. The van der Waals surface area contributed by atoms with Gasteiger partial charge >= 0.3 is 0 Å². The van der Waals surface area contributed by atoms with Gasteiger partial charge < -0.3 is 21.3 Å². The molecule has 2 aromatic carbocycles. The molecular formula is C23H25FN6O3. The van der Waals surface area contributed by atoms with Gasteiger partial charge in [0.05, 0.1) is 12.2 Å². The Labute approximate surface area is 190 Å². The largest absolute Gasteiger partial charge is 0.371 e. The first-order valence-corrected chi connectivity index (χ1v) is 10.6. The Balaban J connectivity index is 1.53. The minimum Gasteiger partial charge on any atom is -0.371 e.